The van der Waals surface area contributed by atoms with Gasteiger partial charge in [-0.1, -0.05) is 6.42 Å². The summed E-state index contributed by atoms with van der Waals surface area (Å²) in [6, 6.07) is 3.62. The molecule has 1 unspecified atom stereocenters. The highest BCUT2D eigenvalue weighted by molar-refractivity contribution is 6.07. The van der Waals surface area contributed by atoms with Crippen molar-refractivity contribution < 1.29 is 23.5 Å². The average molecular weight is 496 g/mol. The minimum absolute atomic E-state index is 0.0133. The molecule has 2 saturated carbocycles. The Hall–Kier alpha value is -3.27. The lowest BCUT2D eigenvalue weighted by Crippen LogP contribution is -2.56. The van der Waals surface area contributed by atoms with Gasteiger partial charge in [-0.3, -0.25) is 19.1 Å². The Balaban J connectivity index is 1.24. The Bertz CT molecular complexity index is 1240. The van der Waals surface area contributed by atoms with Crippen LogP contribution in [0.2, 0.25) is 0 Å². The molecule has 3 N–H and O–H groups in total. The number of hydrogen-bond acceptors (Lipinski definition) is 5. The number of benzene rings is 1. The number of carbonyl (C=O) groups excluding carboxylic acids is 3. The Morgan fingerprint density at radius 2 is 1.97 bits per heavy atom. The number of nitrogens with zero attached hydrogens (tertiary/aromatic N) is 2. The maximum Gasteiger partial charge on any atom is 0.270 e. The van der Waals surface area contributed by atoms with Gasteiger partial charge in [-0.2, -0.15) is 5.10 Å². The van der Waals surface area contributed by atoms with E-state index in [-0.39, 0.29) is 17.5 Å². The zero-order chi connectivity index (χ0) is 25.1. The van der Waals surface area contributed by atoms with E-state index in [0.717, 1.165) is 25.7 Å². The number of anilines is 2. The Morgan fingerprint density at radius 3 is 2.61 bits per heavy atom. The summed E-state index contributed by atoms with van der Waals surface area (Å²) in [6.07, 6.45) is 7.73. The third kappa shape index (κ3) is 3.61. The fraction of sp³-hybridized carbons (Fsp3) is 0.538. The Labute approximate surface area is 208 Å². The van der Waals surface area contributed by atoms with Crippen LogP contribution < -0.4 is 16.0 Å². The standard InChI is InChI=1S/C26H30FN5O4/c1-32-20(3-8-28-32)22(33)31-21(15-13-25(14-15)4-2-5-25)23(34)29-19-12-18-16(11-17(19)27)26(24(35)30-18)6-9-36-10-7-26/h3,8,11-12,15,21H,2,4-7,9-10,13-14H2,1H3,(H,29,34)(H,30,35)(H,31,33). The van der Waals surface area contributed by atoms with Crippen molar-refractivity contribution in [2.45, 2.75) is 56.4 Å². The zero-order valence-corrected chi connectivity index (χ0v) is 20.2. The normalized spacial score (nSPS) is 22.3. The number of nitrogens with one attached hydrogen (secondary N) is 3. The van der Waals surface area contributed by atoms with Crippen molar-refractivity contribution in [2.75, 3.05) is 23.8 Å². The quantitative estimate of drug-likeness (QED) is 0.590. The van der Waals surface area contributed by atoms with Crippen molar-refractivity contribution in [2.24, 2.45) is 18.4 Å². The van der Waals surface area contributed by atoms with E-state index in [1.807, 2.05) is 0 Å². The van der Waals surface area contributed by atoms with Crippen LogP contribution in [-0.2, 0) is 26.8 Å². The molecule has 1 atom stereocenters. The van der Waals surface area contributed by atoms with Crippen molar-refractivity contribution in [1.82, 2.24) is 15.1 Å². The number of rotatable bonds is 5. The highest BCUT2D eigenvalue weighted by atomic mass is 19.1. The van der Waals surface area contributed by atoms with Gasteiger partial charge in [-0.25, -0.2) is 4.39 Å². The van der Waals surface area contributed by atoms with E-state index in [4.69, 9.17) is 4.74 Å². The average Bonchev–Trinajstić information content (AvgIpc) is 3.33. The molecular weight excluding hydrogens is 465 g/mol. The molecule has 0 bridgehead atoms. The van der Waals surface area contributed by atoms with Crippen LogP contribution >= 0.6 is 0 Å². The van der Waals surface area contributed by atoms with Gasteiger partial charge in [0.2, 0.25) is 11.8 Å². The molecule has 2 aromatic rings. The summed E-state index contributed by atoms with van der Waals surface area (Å²) in [7, 11) is 1.66. The van der Waals surface area contributed by atoms with Crippen LogP contribution in [0.4, 0.5) is 15.8 Å². The number of hydrogen-bond donors (Lipinski definition) is 3. The molecule has 9 nitrogen and oxygen atoms in total. The second-order valence-electron chi connectivity index (χ2n) is 10.8. The fourth-order valence-electron chi connectivity index (χ4n) is 6.54. The molecular formula is C26H30FN5O4. The van der Waals surface area contributed by atoms with Crippen LogP contribution in [0, 0.1) is 17.2 Å². The van der Waals surface area contributed by atoms with Gasteiger partial charge in [-0.15, -0.1) is 0 Å². The molecule has 1 saturated heterocycles. The smallest absolute Gasteiger partial charge is 0.270 e. The van der Waals surface area contributed by atoms with E-state index in [2.05, 4.69) is 21.0 Å². The fourth-order valence-corrected chi connectivity index (χ4v) is 6.54. The molecule has 3 heterocycles. The highest BCUT2D eigenvalue weighted by Crippen LogP contribution is 2.59. The minimum atomic E-state index is -0.803. The third-order valence-corrected chi connectivity index (χ3v) is 8.81. The molecule has 2 aliphatic carbocycles. The van der Waals surface area contributed by atoms with E-state index in [9.17, 15) is 14.4 Å². The lowest BCUT2D eigenvalue weighted by molar-refractivity contribution is -0.124. The van der Waals surface area contributed by atoms with E-state index >= 15 is 4.39 Å². The molecule has 4 aliphatic rings. The molecule has 1 aromatic carbocycles. The zero-order valence-electron chi connectivity index (χ0n) is 20.2. The number of halogens is 1. The van der Waals surface area contributed by atoms with Gasteiger partial charge >= 0.3 is 0 Å². The van der Waals surface area contributed by atoms with Crippen molar-refractivity contribution in [3.05, 3.63) is 41.5 Å². The highest BCUT2D eigenvalue weighted by Gasteiger charge is 2.52. The summed E-state index contributed by atoms with van der Waals surface area (Å²) in [5, 5.41) is 12.5. The predicted octanol–water partition coefficient (Wildman–Crippen LogP) is 2.88. The van der Waals surface area contributed by atoms with Crippen LogP contribution in [0.1, 0.15) is 61.0 Å². The molecule has 6 rings (SSSR count). The molecule has 190 valence electrons. The first-order chi connectivity index (χ1) is 17.3. The summed E-state index contributed by atoms with van der Waals surface area (Å²) >= 11 is 0. The topological polar surface area (TPSA) is 114 Å². The summed E-state index contributed by atoms with van der Waals surface area (Å²) in [5.74, 6) is -1.65. The van der Waals surface area contributed by atoms with Gasteiger partial charge in [-0.05, 0) is 73.6 Å². The number of carbonyl (C=O) groups is 3. The first-order valence-corrected chi connectivity index (χ1v) is 12.6. The number of aromatic nitrogens is 2. The second kappa shape index (κ2) is 8.40. The van der Waals surface area contributed by atoms with Crippen LogP contribution in [0.25, 0.3) is 0 Å². The Morgan fingerprint density at radius 1 is 1.22 bits per heavy atom. The molecule has 0 radical (unpaired) electrons. The Kier molecular flexibility index (Phi) is 5.40. The second-order valence-corrected chi connectivity index (χ2v) is 10.8. The molecule has 3 fully saturated rings. The van der Waals surface area contributed by atoms with E-state index in [1.165, 1.54) is 29.4 Å². The molecule has 2 aliphatic heterocycles. The van der Waals surface area contributed by atoms with E-state index < -0.39 is 29.1 Å². The van der Waals surface area contributed by atoms with Gasteiger partial charge in [0.05, 0.1) is 11.1 Å². The molecule has 2 spiro atoms. The summed E-state index contributed by atoms with van der Waals surface area (Å²) in [5.41, 5.74) is 0.949. The van der Waals surface area contributed by atoms with E-state index in [0.29, 0.717) is 48.4 Å². The van der Waals surface area contributed by atoms with E-state index in [1.54, 1.807) is 13.1 Å². The van der Waals surface area contributed by atoms with Gasteiger partial charge in [0, 0.05) is 32.1 Å². The first-order valence-electron chi connectivity index (χ1n) is 12.6. The third-order valence-electron chi connectivity index (χ3n) is 8.81. The SMILES string of the molecule is Cn1nccc1C(=O)NC(C(=O)Nc1cc2c(cc1F)C1(CCOCC1)C(=O)N2)C1CC2(CCC2)C1. The van der Waals surface area contributed by atoms with Gasteiger partial charge in [0.1, 0.15) is 17.6 Å². The van der Waals surface area contributed by atoms with Crippen LogP contribution in [0.15, 0.2) is 24.4 Å². The van der Waals surface area contributed by atoms with Crippen molar-refractivity contribution >= 4 is 29.1 Å². The maximum absolute atomic E-state index is 15.3. The van der Waals surface area contributed by atoms with Crippen LogP contribution in [0.5, 0.6) is 0 Å². The number of amides is 3. The van der Waals surface area contributed by atoms with Crippen LogP contribution in [-0.4, -0.2) is 46.8 Å². The van der Waals surface area contributed by atoms with Gasteiger partial charge in [0.15, 0.2) is 0 Å². The summed E-state index contributed by atoms with van der Waals surface area (Å²) in [4.78, 5) is 39.2. The lowest BCUT2D eigenvalue weighted by Gasteiger charge is -2.56. The monoisotopic (exact) mass is 495 g/mol. The summed E-state index contributed by atoms with van der Waals surface area (Å²) in [6.45, 7) is 0.877. The molecule has 36 heavy (non-hydrogen) atoms. The number of fused-ring (bicyclic) bond motifs is 2. The maximum atomic E-state index is 15.3. The van der Waals surface area contributed by atoms with Crippen molar-refractivity contribution in [1.29, 1.82) is 0 Å². The molecule has 10 heteroatoms. The molecule has 3 amide bonds. The van der Waals surface area contributed by atoms with Gasteiger partial charge in [0.25, 0.3) is 5.91 Å². The van der Waals surface area contributed by atoms with Crippen molar-refractivity contribution in [3.8, 4) is 0 Å². The molecule has 1 aromatic heterocycles. The number of aryl methyl sites for hydroxylation is 1. The summed E-state index contributed by atoms with van der Waals surface area (Å²) < 4.78 is 22.1. The van der Waals surface area contributed by atoms with Crippen LogP contribution in [0.3, 0.4) is 0 Å². The first kappa shape index (κ1) is 23.1. The van der Waals surface area contributed by atoms with Gasteiger partial charge < -0.3 is 20.7 Å². The predicted molar refractivity (Wildman–Crippen MR) is 129 cm³/mol. The lowest BCUT2D eigenvalue weighted by atomic mass is 9.50. The minimum Gasteiger partial charge on any atom is -0.381 e. The number of ether oxygens (including phenoxy) is 1. The largest absolute Gasteiger partial charge is 0.381 e. The van der Waals surface area contributed by atoms with Crippen molar-refractivity contribution in [3.63, 3.8) is 0 Å².